The van der Waals surface area contributed by atoms with Crippen LogP contribution in [0, 0.1) is 0 Å². The van der Waals surface area contributed by atoms with Crippen molar-refractivity contribution in [2.75, 3.05) is 0 Å². The quantitative estimate of drug-likeness (QED) is 0.603. The molecule has 49 valence electrons. The van der Waals surface area contributed by atoms with Gasteiger partial charge in [0.2, 0.25) is 0 Å². The molecule has 1 aromatic rings. The number of rotatable bonds is 0. The van der Waals surface area contributed by atoms with Crippen LogP contribution in [0.5, 0.6) is 0 Å². The molecular weight excluding hydrogens is 227 g/mol. The zero-order chi connectivity index (χ0) is 6.97. The monoisotopic (exact) mass is 237 g/mol. The molecule has 0 nitrogen and oxygen atoms in total. The molecule has 1 aliphatic rings. The Hall–Kier alpha value is 0.0187. The second-order valence-corrected chi connectivity index (χ2v) is 4.78. The van der Waals surface area contributed by atoms with E-state index in [0.29, 0.717) is 0 Å². The Kier molecular flexibility index (Phi) is 1.73. The molecule has 0 fully saturated rings. The number of benzene rings is 1. The van der Waals surface area contributed by atoms with E-state index in [0.717, 1.165) is 3.93 Å². The third kappa shape index (κ3) is 0.986. The molecule has 1 heteroatoms. The molecule has 0 saturated carbocycles. The molecule has 0 aliphatic heterocycles. The summed E-state index contributed by atoms with van der Waals surface area (Å²) in [7, 11) is 0. The van der Waals surface area contributed by atoms with Crippen LogP contribution in [-0.2, 0) is 6.42 Å². The molecule has 0 saturated heterocycles. The Morgan fingerprint density at radius 2 is 2.10 bits per heavy atom. The first-order valence-electron chi connectivity index (χ1n) is 3.67. The van der Waals surface area contributed by atoms with Crippen LogP contribution in [0.1, 0.15) is 21.5 Å². The summed E-state index contributed by atoms with van der Waals surface area (Å²) >= 11 is 1.68. The minimum absolute atomic E-state index is 0.892. The Bertz CT molecular complexity index is 242. The van der Waals surface area contributed by atoms with E-state index in [-0.39, 0.29) is 0 Å². The van der Waals surface area contributed by atoms with Crippen molar-refractivity contribution >= 4 is 22.5 Å². The third-order valence-corrected chi connectivity index (χ3v) is 3.84. The predicted molar refractivity (Wildman–Crippen MR) is 43.3 cm³/mol. The second kappa shape index (κ2) is 2.57. The van der Waals surface area contributed by atoms with Crippen LogP contribution in [0.25, 0.3) is 0 Å². The van der Waals surface area contributed by atoms with E-state index in [2.05, 4.69) is 24.3 Å². The van der Waals surface area contributed by atoms with Crippen LogP contribution in [0.15, 0.2) is 24.3 Å². The molecule has 10 heavy (non-hydrogen) atoms. The van der Waals surface area contributed by atoms with Gasteiger partial charge < -0.3 is 0 Å². The molecule has 1 aliphatic carbocycles. The van der Waals surface area contributed by atoms with Crippen molar-refractivity contribution < 1.29 is 0 Å². The molecule has 1 atom stereocenters. The van der Waals surface area contributed by atoms with Crippen molar-refractivity contribution in [3.8, 4) is 0 Å². The number of hydrogen-bond acceptors (Lipinski definition) is 0. The van der Waals surface area contributed by atoms with Gasteiger partial charge in [-0.2, -0.15) is 0 Å². The third-order valence-electron chi connectivity index (χ3n) is 2.13. The van der Waals surface area contributed by atoms with Crippen molar-refractivity contribution in [1.29, 1.82) is 0 Å². The standard InChI is InChI=1S/C9H9.Sn/c1-2-5-9-7-3-6-8(9)4-1;/h1-2,4-6H,3,7H2;. The van der Waals surface area contributed by atoms with Gasteiger partial charge in [0.15, 0.2) is 0 Å². The van der Waals surface area contributed by atoms with Crippen molar-refractivity contribution in [2.45, 2.75) is 16.8 Å². The first-order valence-corrected chi connectivity index (χ1v) is 5.31. The summed E-state index contributed by atoms with van der Waals surface area (Å²) in [5, 5.41) is 0. The zero-order valence-electron chi connectivity index (χ0n) is 5.80. The SMILES string of the molecule is [Sn][CH]1CCc2ccccc21. The van der Waals surface area contributed by atoms with Crippen LogP contribution >= 0.6 is 0 Å². The Morgan fingerprint density at radius 3 is 2.90 bits per heavy atom. The maximum atomic E-state index is 2.28. The Labute approximate surface area is 74.7 Å². The van der Waals surface area contributed by atoms with Gasteiger partial charge in [0.25, 0.3) is 0 Å². The minimum atomic E-state index is 0.892. The van der Waals surface area contributed by atoms with E-state index in [9.17, 15) is 0 Å². The summed E-state index contributed by atoms with van der Waals surface area (Å²) in [6.45, 7) is 0. The zero-order valence-corrected chi connectivity index (χ0v) is 8.66. The molecule has 1 aromatic carbocycles. The fourth-order valence-corrected chi connectivity index (χ4v) is 2.77. The van der Waals surface area contributed by atoms with Crippen LogP contribution in [0.3, 0.4) is 0 Å². The van der Waals surface area contributed by atoms with Crippen LogP contribution in [-0.4, -0.2) is 22.5 Å². The summed E-state index contributed by atoms with van der Waals surface area (Å²) in [6, 6.07) is 8.84. The molecule has 2 rings (SSSR count). The topological polar surface area (TPSA) is 0 Å². The number of aryl methyl sites for hydroxylation is 1. The summed E-state index contributed by atoms with van der Waals surface area (Å²) < 4.78 is 0.892. The van der Waals surface area contributed by atoms with E-state index in [1.807, 2.05) is 0 Å². The van der Waals surface area contributed by atoms with Gasteiger partial charge in [0.05, 0.1) is 0 Å². The Balaban J connectivity index is 2.51. The molecule has 1 unspecified atom stereocenters. The number of hydrogen-bond donors (Lipinski definition) is 0. The summed E-state index contributed by atoms with van der Waals surface area (Å²) in [5.41, 5.74) is 3.20. The first-order chi connectivity index (χ1) is 4.88. The van der Waals surface area contributed by atoms with Crippen LogP contribution in [0.2, 0.25) is 0 Å². The van der Waals surface area contributed by atoms with Crippen LogP contribution < -0.4 is 0 Å². The fourth-order valence-electron chi connectivity index (χ4n) is 1.56. The van der Waals surface area contributed by atoms with Crippen molar-refractivity contribution in [1.82, 2.24) is 0 Å². The van der Waals surface area contributed by atoms with Crippen molar-refractivity contribution in [3.05, 3.63) is 35.4 Å². The van der Waals surface area contributed by atoms with Gasteiger partial charge in [0, 0.05) is 0 Å². The van der Waals surface area contributed by atoms with Gasteiger partial charge in [-0.05, 0) is 0 Å². The van der Waals surface area contributed by atoms with Gasteiger partial charge in [-0.25, -0.2) is 0 Å². The van der Waals surface area contributed by atoms with Crippen molar-refractivity contribution in [2.24, 2.45) is 0 Å². The molecule has 0 amide bonds. The summed E-state index contributed by atoms with van der Waals surface area (Å²) in [5.74, 6) is 0. The van der Waals surface area contributed by atoms with E-state index < -0.39 is 0 Å². The molecule has 0 bridgehead atoms. The number of fused-ring (bicyclic) bond motifs is 1. The summed E-state index contributed by atoms with van der Waals surface area (Å²) in [6.07, 6.45) is 2.70. The summed E-state index contributed by atoms with van der Waals surface area (Å²) in [4.78, 5) is 0. The normalized spacial score (nSPS) is 22.7. The maximum absolute atomic E-state index is 2.28. The molecule has 0 spiro atoms. The van der Waals surface area contributed by atoms with E-state index in [4.69, 9.17) is 0 Å². The average Bonchev–Trinajstić information content (AvgIpc) is 2.34. The van der Waals surface area contributed by atoms with E-state index >= 15 is 0 Å². The first kappa shape index (κ1) is 6.71. The van der Waals surface area contributed by atoms with Gasteiger partial charge >= 0.3 is 74.7 Å². The van der Waals surface area contributed by atoms with Crippen molar-refractivity contribution in [3.63, 3.8) is 0 Å². The Morgan fingerprint density at radius 1 is 1.30 bits per heavy atom. The van der Waals surface area contributed by atoms with Crippen LogP contribution in [0.4, 0.5) is 0 Å². The molecule has 3 radical (unpaired) electrons. The fraction of sp³-hybridized carbons (Fsp3) is 0.333. The second-order valence-electron chi connectivity index (χ2n) is 2.79. The molecular formula is C9H9Sn. The van der Waals surface area contributed by atoms with E-state index in [1.54, 1.807) is 33.7 Å². The average molecular weight is 236 g/mol. The van der Waals surface area contributed by atoms with Gasteiger partial charge in [-0.3, -0.25) is 0 Å². The van der Waals surface area contributed by atoms with E-state index in [1.165, 1.54) is 12.8 Å². The predicted octanol–water partition coefficient (Wildman–Crippen LogP) is 1.84. The molecule has 0 heterocycles. The molecule has 0 N–H and O–H groups in total. The van der Waals surface area contributed by atoms with Gasteiger partial charge in [-0.15, -0.1) is 0 Å². The van der Waals surface area contributed by atoms with Gasteiger partial charge in [0.1, 0.15) is 0 Å². The van der Waals surface area contributed by atoms with Gasteiger partial charge in [-0.1, -0.05) is 0 Å². The molecule has 0 aromatic heterocycles.